The third-order valence-corrected chi connectivity index (χ3v) is 5.44. The number of hydrogen-bond acceptors (Lipinski definition) is 2. The first-order chi connectivity index (χ1) is 9.61. The highest BCUT2D eigenvalue weighted by atomic mass is 15.2. The van der Waals surface area contributed by atoms with Crippen LogP contribution >= 0.6 is 0 Å². The Kier molecular flexibility index (Phi) is 6.10. The molecule has 2 aliphatic rings. The summed E-state index contributed by atoms with van der Waals surface area (Å²) in [7, 11) is 0. The van der Waals surface area contributed by atoms with Crippen LogP contribution in [-0.4, -0.2) is 36.6 Å². The molecule has 0 radical (unpaired) electrons. The number of hydrogen-bond donors (Lipinski definition) is 1. The average molecular weight is 278 g/mol. The summed E-state index contributed by atoms with van der Waals surface area (Å²) in [5, 5.41) is 3.80. The zero-order valence-electron chi connectivity index (χ0n) is 14.0. The number of nitrogens with one attached hydrogen (secondary N) is 1. The lowest BCUT2D eigenvalue weighted by Gasteiger charge is -2.44. The molecule has 1 aliphatic heterocycles. The summed E-state index contributed by atoms with van der Waals surface area (Å²) in [6, 6.07) is 1.41. The molecular formula is C18H34N2. The molecule has 1 saturated heterocycles. The fourth-order valence-corrected chi connectivity index (χ4v) is 3.69. The minimum atomic E-state index is 0.688. The van der Waals surface area contributed by atoms with Crippen LogP contribution < -0.4 is 5.32 Å². The largest absolute Gasteiger partial charge is 0.311 e. The lowest BCUT2D eigenvalue weighted by atomic mass is 9.92. The highest BCUT2D eigenvalue weighted by molar-refractivity contribution is 5.08. The summed E-state index contributed by atoms with van der Waals surface area (Å²) >= 11 is 0. The Morgan fingerprint density at radius 3 is 2.75 bits per heavy atom. The van der Waals surface area contributed by atoms with E-state index in [1.807, 2.05) is 0 Å². The van der Waals surface area contributed by atoms with E-state index in [2.05, 4.69) is 44.0 Å². The van der Waals surface area contributed by atoms with E-state index in [1.54, 1.807) is 5.57 Å². The molecule has 1 N–H and O–H groups in total. The minimum absolute atomic E-state index is 0.688. The Hall–Kier alpha value is -0.340. The molecule has 0 spiro atoms. The van der Waals surface area contributed by atoms with Crippen molar-refractivity contribution in [1.82, 2.24) is 10.2 Å². The van der Waals surface area contributed by atoms with E-state index in [-0.39, 0.29) is 0 Å². The maximum atomic E-state index is 3.80. The van der Waals surface area contributed by atoms with Gasteiger partial charge in [0.2, 0.25) is 0 Å². The second kappa shape index (κ2) is 7.61. The number of nitrogens with zero attached hydrogens (tertiary/aromatic N) is 1. The minimum Gasteiger partial charge on any atom is -0.311 e. The molecule has 3 unspecified atom stereocenters. The van der Waals surface area contributed by atoms with Gasteiger partial charge in [0, 0.05) is 31.7 Å². The van der Waals surface area contributed by atoms with Gasteiger partial charge >= 0.3 is 0 Å². The van der Waals surface area contributed by atoms with Gasteiger partial charge in [0.1, 0.15) is 0 Å². The van der Waals surface area contributed by atoms with E-state index in [4.69, 9.17) is 0 Å². The van der Waals surface area contributed by atoms with Crippen molar-refractivity contribution in [3.8, 4) is 0 Å². The van der Waals surface area contributed by atoms with Gasteiger partial charge in [-0.3, -0.25) is 4.90 Å². The normalized spacial score (nSPS) is 29.8. The van der Waals surface area contributed by atoms with Crippen LogP contribution in [0.25, 0.3) is 0 Å². The maximum absolute atomic E-state index is 3.80. The van der Waals surface area contributed by atoms with Crippen molar-refractivity contribution in [2.45, 2.75) is 71.9 Å². The van der Waals surface area contributed by atoms with E-state index in [0.29, 0.717) is 6.04 Å². The van der Waals surface area contributed by atoms with Gasteiger partial charge in [-0.15, -0.1) is 0 Å². The first-order valence-corrected chi connectivity index (χ1v) is 8.77. The predicted octanol–water partition coefficient (Wildman–Crippen LogP) is 3.83. The highest BCUT2D eigenvalue weighted by Gasteiger charge is 2.31. The van der Waals surface area contributed by atoms with E-state index in [0.717, 1.165) is 17.9 Å². The van der Waals surface area contributed by atoms with Crippen LogP contribution in [0.4, 0.5) is 0 Å². The summed E-state index contributed by atoms with van der Waals surface area (Å²) in [6.45, 7) is 13.1. The monoisotopic (exact) mass is 278 g/mol. The van der Waals surface area contributed by atoms with Crippen molar-refractivity contribution in [2.75, 3.05) is 19.6 Å². The Balaban J connectivity index is 1.91. The molecule has 2 nitrogen and oxygen atoms in total. The molecule has 116 valence electrons. The van der Waals surface area contributed by atoms with Crippen LogP contribution in [0.3, 0.4) is 0 Å². The van der Waals surface area contributed by atoms with Gasteiger partial charge in [-0.05, 0) is 37.5 Å². The Morgan fingerprint density at radius 1 is 1.35 bits per heavy atom. The van der Waals surface area contributed by atoms with Crippen LogP contribution in [0.1, 0.15) is 59.8 Å². The van der Waals surface area contributed by atoms with Crippen molar-refractivity contribution in [1.29, 1.82) is 0 Å². The molecule has 1 heterocycles. The second-order valence-electron chi connectivity index (χ2n) is 7.21. The van der Waals surface area contributed by atoms with Gasteiger partial charge in [0.15, 0.2) is 0 Å². The number of rotatable bonds is 6. The van der Waals surface area contributed by atoms with Crippen molar-refractivity contribution in [3.63, 3.8) is 0 Å². The molecule has 0 bridgehead atoms. The molecule has 20 heavy (non-hydrogen) atoms. The topological polar surface area (TPSA) is 15.3 Å². The molecule has 0 aromatic rings. The highest BCUT2D eigenvalue weighted by Crippen LogP contribution is 2.24. The van der Waals surface area contributed by atoms with E-state index in [9.17, 15) is 0 Å². The van der Waals surface area contributed by atoms with Gasteiger partial charge in [0.05, 0.1) is 0 Å². The van der Waals surface area contributed by atoms with E-state index < -0.39 is 0 Å². The number of allylic oxidation sites excluding steroid dienone is 1. The van der Waals surface area contributed by atoms with Gasteiger partial charge in [-0.25, -0.2) is 0 Å². The Bertz CT molecular complexity index is 321. The molecule has 3 atom stereocenters. The van der Waals surface area contributed by atoms with Crippen molar-refractivity contribution < 1.29 is 0 Å². The van der Waals surface area contributed by atoms with Crippen LogP contribution in [0, 0.1) is 11.8 Å². The van der Waals surface area contributed by atoms with Gasteiger partial charge in [-0.2, -0.15) is 0 Å². The molecule has 0 aromatic heterocycles. The van der Waals surface area contributed by atoms with Crippen molar-refractivity contribution >= 4 is 0 Å². The van der Waals surface area contributed by atoms with Crippen LogP contribution in [0.5, 0.6) is 0 Å². The zero-order valence-corrected chi connectivity index (χ0v) is 14.0. The fraction of sp³-hybridized carbons (Fsp3) is 0.889. The van der Waals surface area contributed by atoms with Crippen molar-refractivity contribution in [3.05, 3.63) is 11.6 Å². The average Bonchev–Trinajstić information content (AvgIpc) is 2.97. The van der Waals surface area contributed by atoms with Crippen LogP contribution in [0.15, 0.2) is 11.6 Å². The lowest BCUT2D eigenvalue weighted by Crippen LogP contribution is -2.60. The van der Waals surface area contributed by atoms with Gasteiger partial charge in [-0.1, -0.05) is 45.8 Å². The summed E-state index contributed by atoms with van der Waals surface area (Å²) in [5.41, 5.74) is 1.71. The Morgan fingerprint density at radius 2 is 2.15 bits per heavy atom. The fourth-order valence-electron chi connectivity index (χ4n) is 3.69. The Labute approximate surface area is 126 Å². The molecule has 2 heteroatoms. The summed E-state index contributed by atoms with van der Waals surface area (Å²) in [6.07, 6.45) is 9.13. The lowest BCUT2D eigenvalue weighted by molar-refractivity contribution is 0.0830. The molecular weight excluding hydrogens is 244 g/mol. The molecule has 1 aliphatic carbocycles. The first-order valence-electron chi connectivity index (χ1n) is 8.77. The first kappa shape index (κ1) is 16.0. The summed E-state index contributed by atoms with van der Waals surface area (Å²) in [5.74, 6) is 1.54. The van der Waals surface area contributed by atoms with E-state index in [1.165, 1.54) is 51.7 Å². The quantitative estimate of drug-likeness (QED) is 0.743. The third kappa shape index (κ3) is 4.08. The second-order valence-corrected chi connectivity index (χ2v) is 7.21. The number of piperazine rings is 1. The van der Waals surface area contributed by atoms with Crippen LogP contribution in [0.2, 0.25) is 0 Å². The predicted molar refractivity (Wildman–Crippen MR) is 88.0 cm³/mol. The molecule has 0 amide bonds. The SMILES string of the molecule is CCC(C)C1CN(CCC2=CCCC2)C(C(C)C)CN1. The third-order valence-electron chi connectivity index (χ3n) is 5.44. The molecule has 0 aromatic carbocycles. The van der Waals surface area contributed by atoms with Gasteiger partial charge < -0.3 is 5.32 Å². The van der Waals surface area contributed by atoms with Crippen LogP contribution in [-0.2, 0) is 0 Å². The standard InChI is InChI=1S/C18H34N2/c1-5-15(4)17-13-20(18(12-19-17)14(2)3)11-10-16-8-6-7-9-16/h8,14-15,17-19H,5-7,9-13H2,1-4H3. The van der Waals surface area contributed by atoms with E-state index >= 15 is 0 Å². The molecule has 1 fully saturated rings. The van der Waals surface area contributed by atoms with Gasteiger partial charge in [0.25, 0.3) is 0 Å². The smallest absolute Gasteiger partial charge is 0.0244 e. The summed E-state index contributed by atoms with van der Waals surface area (Å²) in [4.78, 5) is 2.77. The maximum Gasteiger partial charge on any atom is 0.0244 e. The summed E-state index contributed by atoms with van der Waals surface area (Å²) < 4.78 is 0. The van der Waals surface area contributed by atoms with Crippen molar-refractivity contribution in [2.24, 2.45) is 11.8 Å². The molecule has 2 rings (SSSR count). The zero-order chi connectivity index (χ0) is 14.5. The molecule has 0 saturated carbocycles.